The van der Waals surface area contributed by atoms with Gasteiger partial charge in [0.2, 0.25) is 0 Å². The molecule has 0 fully saturated rings. The third-order valence-electron chi connectivity index (χ3n) is 2.59. The van der Waals surface area contributed by atoms with Gasteiger partial charge in [-0.05, 0) is 60.8 Å². The molecule has 16 heavy (non-hydrogen) atoms. The maximum atomic E-state index is 2.96. The van der Waals surface area contributed by atoms with Gasteiger partial charge in [-0.1, -0.05) is 0 Å². The first-order valence-electron chi connectivity index (χ1n) is 6.08. The quantitative estimate of drug-likeness (QED) is 0.420. The maximum absolute atomic E-state index is 2.96. The van der Waals surface area contributed by atoms with Gasteiger partial charge in [-0.2, -0.15) is 0 Å². The predicted molar refractivity (Wildman–Crippen MR) is 83.1 cm³/mol. The Morgan fingerprint density at radius 2 is 0.812 bits per heavy atom. The van der Waals surface area contributed by atoms with Gasteiger partial charge in [0.25, 0.3) is 0 Å². The molecule has 0 aromatic rings. The zero-order valence-corrected chi connectivity index (χ0v) is 16.3. The largest absolute Gasteiger partial charge is 0.380 e. The zero-order valence-electron chi connectivity index (χ0n) is 12.0. The molecule has 0 aromatic carbocycles. The molecular weight excluding hydrogens is 248 g/mol. The van der Waals surface area contributed by atoms with Crippen molar-refractivity contribution in [3.63, 3.8) is 0 Å². The molecule has 98 valence electrons. The van der Waals surface area contributed by atoms with Crippen LogP contribution in [0, 0.1) is 0 Å². The van der Waals surface area contributed by atoms with Gasteiger partial charge in [0, 0.05) is 0 Å². The number of rotatable bonds is 9. The van der Waals surface area contributed by atoms with Gasteiger partial charge in [0.15, 0.2) is 0 Å². The molecule has 0 radical (unpaired) electrons. The molecule has 0 bridgehead atoms. The Morgan fingerprint density at radius 3 is 1.00 bits per heavy atom. The molecule has 0 rings (SSSR count). The first kappa shape index (κ1) is 16.5. The average Bonchev–Trinajstić information content (AvgIpc) is 2.15. The van der Waals surface area contributed by atoms with Gasteiger partial charge in [-0.3, -0.25) is 0 Å². The lowest BCUT2D eigenvalue weighted by Crippen LogP contribution is -2.46. The summed E-state index contributed by atoms with van der Waals surface area (Å²) in [6.45, 7) is 0. The maximum Gasteiger partial charge on any atom is 0.0945 e. The van der Waals surface area contributed by atoms with Crippen molar-refractivity contribution in [3.8, 4) is 0 Å². The van der Waals surface area contributed by atoms with Crippen molar-refractivity contribution in [2.45, 2.75) is 0 Å². The van der Waals surface area contributed by atoms with Gasteiger partial charge in [0.05, 0.1) is 29.0 Å². The van der Waals surface area contributed by atoms with Crippen molar-refractivity contribution < 1.29 is 0 Å². The van der Waals surface area contributed by atoms with Crippen LogP contribution in [0.5, 0.6) is 0 Å². The Labute approximate surface area is 109 Å². The number of nitrogens with zero attached hydrogens (tertiary/aromatic N) is 4. The van der Waals surface area contributed by atoms with Crippen molar-refractivity contribution in [2.75, 3.05) is 60.8 Å². The summed E-state index contributed by atoms with van der Waals surface area (Å²) >= 11 is 0. The summed E-state index contributed by atoms with van der Waals surface area (Å²) in [5, 5.41) is 0. The van der Waals surface area contributed by atoms with E-state index in [0.29, 0.717) is 0 Å². The number of hydrogen-bond donors (Lipinski definition) is 0. The molecule has 0 aliphatic rings. The molecule has 0 aliphatic carbocycles. The normalized spacial score (nSPS) is 14.6. The molecular formula is C9H30N4Si3. The summed E-state index contributed by atoms with van der Waals surface area (Å²) in [6.07, 6.45) is 4.04. The summed E-state index contributed by atoms with van der Waals surface area (Å²) in [5.74, 6) is 0. The van der Waals surface area contributed by atoms with Crippen LogP contribution in [0.1, 0.15) is 0 Å². The second kappa shape index (κ2) is 9.51. The van der Waals surface area contributed by atoms with Gasteiger partial charge in [-0.15, -0.1) is 0 Å². The molecule has 0 saturated carbocycles. The van der Waals surface area contributed by atoms with Crippen LogP contribution in [0.2, 0.25) is 0 Å². The molecule has 0 aromatic heterocycles. The first-order valence-corrected chi connectivity index (χ1v) is 11.0. The SMILES string of the molecule is CN(C)C[SiH2]N([SiH2]CN(C)C)[SiH2]CN(C)C. The van der Waals surface area contributed by atoms with Crippen LogP contribution in [-0.4, -0.2) is 108 Å². The van der Waals surface area contributed by atoms with Crippen molar-refractivity contribution in [1.82, 2.24) is 18.6 Å². The molecule has 0 amide bonds. The molecule has 4 nitrogen and oxygen atoms in total. The molecule has 7 heteroatoms. The first-order chi connectivity index (χ1) is 7.41. The van der Waals surface area contributed by atoms with E-state index in [1.54, 1.807) is 0 Å². The lowest BCUT2D eigenvalue weighted by atomic mass is 11.0. The fourth-order valence-corrected chi connectivity index (χ4v) is 8.64. The Bertz CT molecular complexity index is 138. The van der Waals surface area contributed by atoms with Gasteiger partial charge < -0.3 is 18.6 Å². The Balaban J connectivity index is 3.85. The second-order valence-corrected chi connectivity index (χ2v) is 13.3. The lowest BCUT2D eigenvalue weighted by Gasteiger charge is -2.26. The summed E-state index contributed by atoms with van der Waals surface area (Å²) in [4.78, 5) is 7.06. The van der Waals surface area contributed by atoms with Gasteiger partial charge >= 0.3 is 0 Å². The molecule has 0 saturated heterocycles. The summed E-state index contributed by atoms with van der Waals surface area (Å²) in [5.41, 5.74) is 0. The minimum absolute atomic E-state index is 0.0213. The van der Waals surface area contributed by atoms with E-state index in [-0.39, 0.29) is 29.0 Å². The molecule has 0 aliphatic heterocycles. The minimum Gasteiger partial charge on any atom is -0.380 e. The average molecular weight is 279 g/mol. The van der Waals surface area contributed by atoms with Crippen LogP contribution < -0.4 is 0 Å². The van der Waals surface area contributed by atoms with E-state index in [0.717, 1.165) is 0 Å². The predicted octanol–water partition coefficient (Wildman–Crippen LogP) is -2.90. The molecule has 0 unspecified atom stereocenters. The topological polar surface area (TPSA) is 13.0 Å². The Hall–Kier alpha value is 0.491. The van der Waals surface area contributed by atoms with E-state index in [1.165, 1.54) is 18.5 Å². The fraction of sp³-hybridized carbons (Fsp3) is 1.00. The Morgan fingerprint density at radius 1 is 0.562 bits per heavy atom. The zero-order chi connectivity index (χ0) is 12.6. The fourth-order valence-electron chi connectivity index (χ4n) is 1.36. The molecule has 0 N–H and O–H groups in total. The van der Waals surface area contributed by atoms with E-state index in [2.05, 4.69) is 60.9 Å². The third-order valence-corrected chi connectivity index (χ3v) is 13.5. The van der Waals surface area contributed by atoms with Crippen LogP contribution in [0.4, 0.5) is 0 Å². The highest BCUT2D eigenvalue weighted by atomic mass is 28.4. The van der Waals surface area contributed by atoms with Gasteiger partial charge in [-0.25, -0.2) is 0 Å². The summed E-state index contributed by atoms with van der Waals surface area (Å²) in [7, 11) is 13.3. The van der Waals surface area contributed by atoms with Crippen molar-refractivity contribution in [2.24, 2.45) is 0 Å². The van der Waals surface area contributed by atoms with Crippen molar-refractivity contribution >= 4 is 29.0 Å². The van der Waals surface area contributed by atoms with Crippen LogP contribution in [0.3, 0.4) is 0 Å². The lowest BCUT2D eigenvalue weighted by molar-refractivity contribution is 0.461. The smallest absolute Gasteiger partial charge is 0.0945 e. The van der Waals surface area contributed by atoms with Crippen LogP contribution in [0.15, 0.2) is 0 Å². The standard InChI is InChI=1S/C9H30N4Si3/c1-10(2)7-14-13(15-8-11(3)4)16-9-12(5)6/h7-9,14-16H2,1-6H3. The highest BCUT2D eigenvalue weighted by Crippen LogP contribution is 1.85. The monoisotopic (exact) mass is 278 g/mol. The van der Waals surface area contributed by atoms with Crippen LogP contribution in [-0.2, 0) is 0 Å². The highest BCUT2D eigenvalue weighted by Gasteiger charge is 2.07. The van der Waals surface area contributed by atoms with E-state index in [4.69, 9.17) is 0 Å². The van der Waals surface area contributed by atoms with E-state index < -0.39 is 0 Å². The summed E-state index contributed by atoms with van der Waals surface area (Å²) in [6, 6.07) is 0. The van der Waals surface area contributed by atoms with Crippen LogP contribution in [0.25, 0.3) is 0 Å². The van der Waals surface area contributed by atoms with Crippen molar-refractivity contribution in [3.05, 3.63) is 0 Å². The molecule has 0 spiro atoms. The second-order valence-electron chi connectivity index (χ2n) is 5.25. The van der Waals surface area contributed by atoms with Gasteiger partial charge in [0.1, 0.15) is 0 Å². The van der Waals surface area contributed by atoms with Crippen LogP contribution >= 0.6 is 0 Å². The highest BCUT2D eigenvalue weighted by molar-refractivity contribution is 6.65. The van der Waals surface area contributed by atoms with E-state index >= 15 is 0 Å². The third kappa shape index (κ3) is 11.0. The van der Waals surface area contributed by atoms with Crippen molar-refractivity contribution in [1.29, 1.82) is 0 Å². The summed E-state index contributed by atoms with van der Waals surface area (Å²) < 4.78 is 2.96. The Kier molecular flexibility index (Phi) is 9.81. The van der Waals surface area contributed by atoms with E-state index in [9.17, 15) is 0 Å². The molecule has 0 atom stereocenters. The molecule has 0 heterocycles. The van der Waals surface area contributed by atoms with E-state index in [1.807, 2.05) is 0 Å². The number of hydrogen-bond acceptors (Lipinski definition) is 4. The minimum atomic E-state index is 0.0213.